The van der Waals surface area contributed by atoms with Crippen LogP contribution in [0.25, 0.3) is 0 Å². The average Bonchev–Trinajstić information content (AvgIpc) is 2.88. The SMILES string of the molecule is CCC(CC)CNC(=NCc1nnc(C)n1C)NCCCSC.I. The van der Waals surface area contributed by atoms with E-state index in [1.807, 2.05) is 30.3 Å². The summed E-state index contributed by atoms with van der Waals surface area (Å²) in [6.45, 7) is 8.86. The normalized spacial score (nSPS) is 11.5. The standard InChI is InChI=1S/C16H32N6S.HI/c1-6-14(7-2)11-18-16(17-9-8-10-23-5)19-12-15-21-20-13(3)22(15)4;/h14H,6-12H2,1-5H3,(H2,17,18,19);1H. The fraction of sp³-hybridized carbons (Fsp3) is 0.812. The first-order valence-electron chi connectivity index (χ1n) is 8.48. The molecule has 0 fully saturated rings. The van der Waals surface area contributed by atoms with Crippen LogP contribution in [-0.4, -0.2) is 45.8 Å². The first-order chi connectivity index (χ1) is 11.1. The Bertz CT molecular complexity index is 473. The minimum Gasteiger partial charge on any atom is -0.356 e. The largest absolute Gasteiger partial charge is 0.356 e. The lowest BCUT2D eigenvalue weighted by molar-refractivity contribution is 0.481. The van der Waals surface area contributed by atoms with Gasteiger partial charge >= 0.3 is 0 Å². The zero-order valence-corrected chi connectivity index (χ0v) is 18.8. The van der Waals surface area contributed by atoms with E-state index in [1.54, 1.807) is 0 Å². The minimum absolute atomic E-state index is 0. The summed E-state index contributed by atoms with van der Waals surface area (Å²) >= 11 is 1.87. The van der Waals surface area contributed by atoms with Crippen LogP contribution in [0.1, 0.15) is 44.8 Å². The van der Waals surface area contributed by atoms with Gasteiger partial charge in [0.25, 0.3) is 0 Å². The van der Waals surface area contributed by atoms with Crippen molar-refractivity contribution in [3.8, 4) is 0 Å². The Hall–Kier alpha value is -0.510. The molecule has 0 aliphatic heterocycles. The zero-order chi connectivity index (χ0) is 17.1. The van der Waals surface area contributed by atoms with Crippen LogP contribution in [0.3, 0.4) is 0 Å². The number of aromatic nitrogens is 3. The zero-order valence-electron chi connectivity index (χ0n) is 15.6. The highest BCUT2D eigenvalue weighted by Crippen LogP contribution is 2.05. The van der Waals surface area contributed by atoms with Gasteiger partial charge in [-0.15, -0.1) is 34.2 Å². The molecule has 0 aromatic carbocycles. The lowest BCUT2D eigenvalue weighted by atomic mass is 10.0. The van der Waals surface area contributed by atoms with Crippen molar-refractivity contribution < 1.29 is 0 Å². The van der Waals surface area contributed by atoms with Crippen molar-refractivity contribution in [1.82, 2.24) is 25.4 Å². The van der Waals surface area contributed by atoms with Crippen molar-refractivity contribution in [2.24, 2.45) is 18.0 Å². The Balaban J connectivity index is 0.00000529. The van der Waals surface area contributed by atoms with E-state index in [-0.39, 0.29) is 24.0 Å². The maximum absolute atomic E-state index is 4.67. The molecule has 0 bridgehead atoms. The number of rotatable bonds is 10. The van der Waals surface area contributed by atoms with Crippen LogP contribution in [0.4, 0.5) is 0 Å². The molecule has 0 saturated heterocycles. The fourth-order valence-corrected chi connectivity index (χ4v) is 2.59. The Morgan fingerprint density at radius 2 is 1.96 bits per heavy atom. The highest BCUT2D eigenvalue weighted by molar-refractivity contribution is 14.0. The van der Waals surface area contributed by atoms with E-state index in [2.05, 4.69) is 45.9 Å². The lowest BCUT2D eigenvalue weighted by Gasteiger charge is -2.17. The van der Waals surface area contributed by atoms with Gasteiger partial charge < -0.3 is 15.2 Å². The quantitative estimate of drug-likeness (QED) is 0.239. The highest BCUT2D eigenvalue weighted by Gasteiger charge is 2.07. The van der Waals surface area contributed by atoms with Crippen LogP contribution >= 0.6 is 35.7 Å². The summed E-state index contributed by atoms with van der Waals surface area (Å²) in [5.41, 5.74) is 0. The molecule has 0 aliphatic rings. The smallest absolute Gasteiger partial charge is 0.191 e. The molecule has 1 rings (SSSR count). The molecular formula is C16H33IN6S. The van der Waals surface area contributed by atoms with Gasteiger partial charge in [-0.1, -0.05) is 26.7 Å². The number of nitrogens with zero attached hydrogens (tertiary/aromatic N) is 4. The summed E-state index contributed by atoms with van der Waals surface area (Å²) in [5.74, 6) is 4.52. The van der Waals surface area contributed by atoms with Gasteiger partial charge in [0.1, 0.15) is 12.4 Å². The number of aryl methyl sites for hydroxylation is 1. The molecule has 0 saturated carbocycles. The molecule has 0 amide bonds. The molecule has 6 nitrogen and oxygen atoms in total. The van der Waals surface area contributed by atoms with Gasteiger partial charge in [0.15, 0.2) is 11.8 Å². The van der Waals surface area contributed by atoms with Gasteiger partial charge in [0.05, 0.1) is 0 Å². The van der Waals surface area contributed by atoms with Gasteiger partial charge in [-0.2, -0.15) is 11.8 Å². The molecule has 0 unspecified atom stereocenters. The molecule has 24 heavy (non-hydrogen) atoms. The van der Waals surface area contributed by atoms with Gasteiger partial charge in [-0.25, -0.2) is 4.99 Å². The Labute approximate surface area is 168 Å². The third-order valence-corrected chi connectivity index (χ3v) is 4.79. The molecular weight excluding hydrogens is 435 g/mol. The summed E-state index contributed by atoms with van der Waals surface area (Å²) in [6.07, 6.45) is 5.64. The average molecular weight is 468 g/mol. The first-order valence-corrected chi connectivity index (χ1v) is 9.87. The summed E-state index contributed by atoms with van der Waals surface area (Å²) < 4.78 is 1.98. The van der Waals surface area contributed by atoms with Crippen molar-refractivity contribution in [3.05, 3.63) is 11.6 Å². The number of halogens is 1. The Morgan fingerprint density at radius 1 is 1.25 bits per heavy atom. The van der Waals surface area contributed by atoms with Crippen molar-refractivity contribution >= 4 is 41.7 Å². The number of nitrogens with one attached hydrogen (secondary N) is 2. The Kier molecular flexibility index (Phi) is 13.5. The van der Waals surface area contributed by atoms with Gasteiger partial charge in [0.2, 0.25) is 0 Å². The molecule has 0 aliphatic carbocycles. The van der Waals surface area contributed by atoms with Crippen LogP contribution in [0.15, 0.2) is 4.99 Å². The first kappa shape index (κ1) is 23.5. The second kappa shape index (κ2) is 13.7. The summed E-state index contributed by atoms with van der Waals surface area (Å²) in [5, 5.41) is 15.1. The van der Waals surface area contributed by atoms with Gasteiger partial charge in [0, 0.05) is 20.1 Å². The second-order valence-corrected chi connectivity index (χ2v) is 6.71. The predicted octanol–water partition coefficient (Wildman–Crippen LogP) is 2.97. The van der Waals surface area contributed by atoms with Crippen molar-refractivity contribution in [3.63, 3.8) is 0 Å². The minimum atomic E-state index is 0. The maximum atomic E-state index is 4.67. The lowest BCUT2D eigenvalue weighted by Crippen LogP contribution is -2.40. The third-order valence-electron chi connectivity index (χ3n) is 4.09. The molecule has 8 heteroatoms. The van der Waals surface area contributed by atoms with Gasteiger partial charge in [-0.3, -0.25) is 0 Å². The number of aliphatic imine (C=N–C) groups is 1. The fourth-order valence-electron chi connectivity index (χ4n) is 2.15. The van der Waals surface area contributed by atoms with E-state index in [9.17, 15) is 0 Å². The molecule has 2 N–H and O–H groups in total. The second-order valence-electron chi connectivity index (χ2n) is 5.72. The van der Waals surface area contributed by atoms with E-state index in [0.29, 0.717) is 12.5 Å². The van der Waals surface area contributed by atoms with Crippen LogP contribution in [0, 0.1) is 12.8 Å². The Morgan fingerprint density at radius 3 is 2.50 bits per heavy atom. The topological polar surface area (TPSA) is 67.1 Å². The van der Waals surface area contributed by atoms with E-state index >= 15 is 0 Å². The summed E-state index contributed by atoms with van der Waals surface area (Å²) in [6, 6.07) is 0. The highest BCUT2D eigenvalue weighted by atomic mass is 127. The van der Waals surface area contributed by atoms with Crippen molar-refractivity contribution in [1.29, 1.82) is 0 Å². The van der Waals surface area contributed by atoms with Crippen molar-refractivity contribution in [2.45, 2.75) is 46.6 Å². The van der Waals surface area contributed by atoms with Crippen LogP contribution in [0.2, 0.25) is 0 Å². The van der Waals surface area contributed by atoms with E-state index in [4.69, 9.17) is 0 Å². The van der Waals surface area contributed by atoms with E-state index < -0.39 is 0 Å². The van der Waals surface area contributed by atoms with Crippen molar-refractivity contribution in [2.75, 3.05) is 25.1 Å². The number of hydrogen-bond acceptors (Lipinski definition) is 4. The van der Waals surface area contributed by atoms with E-state index in [0.717, 1.165) is 42.9 Å². The molecule has 0 spiro atoms. The predicted molar refractivity (Wildman–Crippen MR) is 115 cm³/mol. The molecule has 0 atom stereocenters. The molecule has 1 heterocycles. The maximum Gasteiger partial charge on any atom is 0.191 e. The van der Waals surface area contributed by atoms with Crippen LogP contribution in [0.5, 0.6) is 0 Å². The number of thioether (sulfide) groups is 1. The molecule has 140 valence electrons. The summed E-state index contributed by atoms with van der Waals surface area (Å²) in [7, 11) is 1.98. The summed E-state index contributed by atoms with van der Waals surface area (Å²) in [4.78, 5) is 4.67. The monoisotopic (exact) mass is 468 g/mol. The van der Waals surface area contributed by atoms with Gasteiger partial charge in [-0.05, 0) is 31.3 Å². The van der Waals surface area contributed by atoms with Crippen LogP contribution in [-0.2, 0) is 13.6 Å². The third kappa shape index (κ3) is 8.55. The molecule has 1 aromatic heterocycles. The molecule has 1 aromatic rings. The van der Waals surface area contributed by atoms with E-state index in [1.165, 1.54) is 12.8 Å². The molecule has 0 radical (unpaired) electrons. The number of hydrogen-bond donors (Lipinski definition) is 2. The number of guanidine groups is 1. The van der Waals surface area contributed by atoms with Crippen LogP contribution < -0.4 is 10.6 Å².